The fourth-order valence-corrected chi connectivity index (χ4v) is 4.54. The standard InChI is InChI=1S/C18H21N5O2S/c1-11-16(17(24)25-2)23(22-8-15(20-10-22)13-5-6-13)18(26-11)21-7-14(19-9-21)12-3-4-12/h7-10,12-13,18H,3-6H2,1-2H3. The maximum atomic E-state index is 12.5. The Morgan fingerprint density at radius 1 is 1.12 bits per heavy atom. The number of hydrogen-bond donors (Lipinski definition) is 0. The molecule has 3 heterocycles. The van der Waals surface area contributed by atoms with Crippen molar-refractivity contribution in [2.24, 2.45) is 0 Å². The van der Waals surface area contributed by atoms with Gasteiger partial charge in [-0.25, -0.2) is 24.4 Å². The van der Waals surface area contributed by atoms with Gasteiger partial charge >= 0.3 is 5.97 Å². The highest BCUT2D eigenvalue weighted by atomic mass is 32.2. The topological polar surface area (TPSA) is 65.2 Å². The summed E-state index contributed by atoms with van der Waals surface area (Å²) < 4.78 is 9.05. The Balaban J connectivity index is 1.53. The highest BCUT2D eigenvalue weighted by Crippen LogP contribution is 2.46. The molecule has 1 aliphatic heterocycles. The summed E-state index contributed by atoms with van der Waals surface area (Å²) in [7, 11) is 1.42. The van der Waals surface area contributed by atoms with Gasteiger partial charge in [-0.15, -0.1) is 0 Å². The Kier molecular flexibility index (Phi) is 3.63. The van der Waals surface area contributed by atoms with E-state index in [9.17, 15) is 4.79 Å². The normalized spacial score (nSPS) is 23.0. The third-order valence-electron chi connectivity index (χ3n) is 5.14. The zero-order valence-electron chi connectivity index (χ0n) is 14.8. The van der Waals surface area contributed by atoms with Crippen LogP contribution >= 0.6 is 11.8 Å². The van der Waals surface area contributed by atoms with E-state index in [2.05, 4.69) is 20.7 Å². The summed E-state index contributed by atoms with van der Waals surface area (Å²) in [5.41, 5.74) is 2.67. The van der Waals surface area contributed by atoms with E-state index >= 15 is 0 Å². The predicted octanol–water partition coefficient (Wildman–Crippen LogP) is 3.08. The maximum Gasteiger partial charge on any atom is 0.357 e. The molecule has 1 unspecified atom stereocenters. The number of allylic oxidation sites excluding steroid dienone is 1. The molecule has 2 aromatic heterocycles. The fraction of sp³-hybridized carbons (Fsp3) is 0.500. The van der Waals surface area contributed by atoms with Gasteiger partial charge in [-0.1, -0.05) is 11.8 Å². The van der Waals surface area contributed by atoms with Crippen LogP contribution in [0.25, 0.3) is 0 Å². The smallest absolute Gasteiger partial charge is 0.357 e. The quantitative estimate of drug-likeness (QED) is 0.753. The summed E-state index contributed by atoms with van der Waals surface area (Å²) >= 11 is 1.63. The van der Waals surface area contributed by atoms with Crippen LogP contribution in [0, 0.1) is 0 Å². The molecule has 0 spiro atoms. The fourth-order valence-electron chi connectivity index (χ4n) is 3.39. The highest BCUT2D eigenvalue weighted by Gasteiger charge is 2.39. The summed E-state index contributed by atoms with van der Waals surface area (Å²) in [6.45, 7) is 1.96. The lowest BCUT2D eigenvalue weighted by Crippen LogP contribution is -2.38. The molecule has 0 aromatic carbocycles. The van der Waals surface area contributed by atoms with E-state index in [4.69, 9.17) is 4.74 Å². The Morgan fingerprint density at radius 2 is 1.77 bits per heavy atom. The third kappa shape index (κ3) is 2.63. The van der Waals surface area contributed by atoms with Crippen molar-refractivity contribution in [3.8, 4) is 0 Å². The van der Waals surface area contributed by atoms with E-state index in [1.54, 1.807) is 18.1 Å². The molecule has 26 heavy (non-hydrogen) atoms. The summed E-state index contributed by atoms with van der Waals surface area (Å²) in [4.78, 5) is 22.5. The summed E-state index contributed by atoms with van der Waals surface area (Å²) in [6.07, 6.45) is 12.6. The van der Waals surface area contributed by atoms with Crippen LogP contribution in [0.3, 0.4) is 0 Å². The van der Waals surface area contributed by atoms with Crippen molar-refractivity contribution < 1.29 is 9.53 Å². The van der Waals surface area contributed by atoms with Gasteiger partial charge in [0.15, 0.2) is 11.2 Å². The summed E-state index contributed by atoms with van der Waals surface area (Å²) in [6, 6.07) is 0. The summed E-state index contributed by atoms with van der Waals surface area (Å²) in [5.74, 6) is 0.827. The van der Waals surface area contributed by atoms with Crippen LogP contribution in [0.4, 0.5) is 0 Å². The molecular formula is C18H21N5O2S. The minimum absolute atomic E-state index is 0.120. The molecule has 2 saturated carbocycles. The highest BCUT2D eigenvalue weighted by molar-refractivity contribution is 8.03. The average Bonchev–Trinajstić information content (AvgIpc) is 3.55. The first kappa shape index (κ1) is 16.0. The largest absolute Gasteiger partial charge is 0.464 e. The van der Waals surface area contributed by atoms with Gasteiger partial charge in [0.05, 0.1) is 31.0 Å². The first-order valence-corrected chi connectivity index (χ1v) is 9.86. The van der Waals surface area contributed by atoms with Gasteiger partial charge in [-0.05, 0) is 32.6 Å². The van der Waals surface area contributed by atoms with Crippen molar-refractivity contribution in [2.45, 2.75) is 49.9 Å². The molecule has 0 radical (unpaired) electrons. The van der Waals surface area contributed by atoms with Gasteiger partial charge in [0.25, 0.3) is 0 Å². The van der Waals surface area contributed by atoms with Crippen LogP contribution in [-0.4, -0.2) is 32.3 Å². The van der Waals surface area contributed by atoms with Gasteiger partial charge in [0, 0.05) is 22.9 Å². The lowest BCUT2D eigenvalue weighted by Gasteiger charge is -2.28. The van der Waals surface area contributed by atoms with Gasteiger partial charge in [-0.2, -0.15) is 0 Å². The van der Waals surface area contributed by atoms with Crippen molar-refractivity contribution in [2.75, 3.05) is 12.1 Å². The van der Waals surface area contributed by atoms with Crippen molar-refractivity contribution in [1.82, 2.24) is 19.2 Å². The van der Waals surface area contributed by atoms with Gasteiger partial charge in [0.2, 0.25) is 0 Å². The lowest BCUT2D eigenvalue weighted by molar-refractivity contribution is -0.136. The second-order valence-electron chi connectivity index (χ2n) is 7.16. The molecule has 0 N–H and O–H groups in total. The Bertz CT molecular complexity index is 893. The molecule has 2 aromatic rings. The number of ether oxygens (including phenoxy) is 1. The number of aromatic nitrogens is 4. The number of esters is 1. The predicted molar refractivity (Wildman–Crippen MR) is 98.0 cm³/mol. The van der Waals surface area contributed by atoms with E-state index in [0.717, 1.165) is 16.3 Å². The molecule has 1 atom stereocenters. The van der Waals surface area contributed by atoms with Crippen LogP contribution in [0.2, 0.25) is 0 Å². The van der Waals surface area contributed by atoms with Gasteiger partial charge < -0.3 is 9.30 Å². The van der Waals surface area contributed by atoms with E-state index in [-0.39, 0.29) is 11.5 Å². The molecule has 0 bridgehead atoms. The van der Waals surface area contributed by atoms with Crippen LogP contribution in [0.15, 0.2) is 35.7 Å². The number of rotatable bonds is 5. The van der Waals surface area contributed by atoms with Crippen LogP contribution in [0.1, 0.15) is 61.3 Å². The number of imidazole rings is 2. The lowest BCUT2D eigenvalue weighted by atomic mass is 10.3. The number of carbonyl (C=O) groups is 1. The Hall–Kier alpha value is -2.22. The number of nitrogens with zero attached hydrogens (tertiary/aromatic N) is 5. The number of thioether (sulfide) groups is 1. The van der Waals surface area contributed by atoms with E-state index in [1.807, 2.05) is 29.1 Å². The van der Waals surface area contributed by atoms with Crippen molar-refractivity contribution in [1.29, 1.82) is 0 Å². The molecule has 0 saturated heterocycles. The summed E-state index contributed by atoms with van der Waals surface area (Å²) in [5, 5.41) is 1.96. The Morgan fingerprint density at radius 3 is 2.42 bits per heavy atom. The maximum absolute atomic E-state index is 12.5. The van der Waals surface area contributed by atoms with E-state index < -0.39 is 0 Å². The average molecular weight is 371 g/mol. The van der Waals surface area contributed by atoms with Crippen molar-refractivity contribution >= 4 is 17.7 Å². The molecule has 5 rings (SSSR count). The first-order valence-electron chi connectivity index (χ1n) is 8.98. The molecule has 136 valence electrons. The third-order valence-corrected chi connectivity index (χ3v) is 6.34. The number of methoxy groups -OCH3 is 1. The van der Waals surface area contributed by atoms with Gasteiger partial charge in [0.1, 0.15) is 6.33 Å². The van der Waals surface area contributed by atoms with Crippen molar-refractivity contribution in [3.05, 3.63) is 47.0 Å². The second kappa shape index (κ2) is 5.90. The molecule has 8 heteroatoms. The van der Waals surface area contributed by atoms with Crippen LogP contribution < -0.4 is 5.01 Å². The van der Waals surface area contributed by atoms with Crippen molar-refractivity contribution in [3.63, 3.8) is 0 Å². The molecule has 2 aliphatic carbocycles. The molecule has 3 aliphatic rings. The minimum atomic E-state index is -0.332. The monoisotopic (exact) mass is 371 g/mol. The molecule has 2 fully saturated rings. The second-order valence-corrected chi connectivity index (χ2v) is 8.43. The molecule has 0 amide bonds. The number of carbonyl (C=O) groups excluding carboxylic acids is 1. The molecular weight excluding hydrogens is 350 g/mol. The van der Waals surface area contributed by atoms with E-state index in [1.165, 1.54) is 32.8 Å². The molecule has 7 nitrogen and oxygen atoms in total. The Labute approximate surface area is 156 Å². The zero-order valence-corrected chi connectivity index (χ0v) is 15.6. The van der Waals surface area contributed by atoms with Crippen LogP contribution in [0.5, 0.6) is 0 Å². The first-order chi connectivity index (χ1) is 12.7. The minimum Gasteiger partial charge on any atom is -0.464 e. The van der Waals surface area contributed by atoms with Crippen LogP contribution in [-0.2, 0) is 9.53 Å². The van der Waals surface area contributed by atoms with Gasteiger partial charge in [-0.3, -0.25) is 0 Å². The zero-order chi connectivity index (χ0) is 17.8. The van der Waals surface area contributed by atoms with E-state index in [0.29, 0.717) is 17.5 Å². The number of hydrogen-bond acceptors (Lipinski definition) is 6. The SMILES string of the molecule is COC(=O)C1=C(C)SC(n2cnc(C3CC3)c2)N1n1cnc(C2CC2)c1.